The van der Waals surface area contributed by atoms with Crippen LogP contribution in [0.2, 0.25) is 0 Å². The Bertz CT molecular complexity index is 338. The first-order valence-electron chi connectivity index (χ1n) is 7.51. The summed E-state index contributed by atoms with van der Waals surface area (Å²) < 4.78 is 28.6. The van der Waals surface area contributed by atoms with Crippen LogP contribution in [0.15, 0.2) is 0 Å². The van der Waals surface area contributed by atoms with Crippen LogP contribution >= 0.6 is 0 Å². The van der Waals surface area contributed by atoms with Gasteiger partial charge in [0.05, 0.1) is 0 Å². The van der Waals surface area contributed by atoms with Gasteiger partial charge in [-0.15, -0.1) is 0 Å². The van der Waals surface area contributed by atoms with Gasteiger partial charge in [-0.2, -0.15) is 17.0 Å². The summed E-state index contributed by atoms with van der Waals surface area (Å²) in [6.07, 6.45) is 4.70. The molecule has 0 spiro atoms. The zero-order valence-corrected chi connectivity index (χ0v) is 13.2. The van der Waals surface area contributed by atoms with E-state index in [1.165, 1.54) is 0 Å². The number of rotatable bonds is 8. The van der Waals surface area contributed by atoms with E-state index < -0.39 is 10.2 Å². The van der Waals surface area contributed by atoms with Crippen molar-refractivity contribution in [2.45, 2.75) is 46.0 Å². The van der Waals surface area contributed by atoms with E-state index in [9.17, 15) is 8.42 Å². The highest BCUT2D eigenvalue weighted by atomic mass is 32.2. The summed E-state index contributed by atoms with van der Waals surface area (Å²) in [5.74, 6) is 0.429. The van der Waals surface area contributed by atoms with Gasteiger partial charge in [0, 0.05) is 26.2 Å². The smallest absolute Gasteiger partial charge is 0.281 e. The first kappa shape index (κ1) is 16.9. The monoisotopic (exact) mass is 291 g/mol. The molecule has 2 N–H and O–H groups in total. The Morgan fingerprint density at radius 1 is 1.26 bits per heavy atom. The van der Waals surface area contributed by atoms with Crippen LogP contribution in [0.4, 0.5) is 0 Å². The summed E-state index contributed by atoms with van der Waals surface area (Å²) in [5, 5.41) is 0. The van der Waals surface area contributed by atoms with Gasteiger partial charge in [-0.1, -0.05) is 13.8 Å². The molecule has 1 fully saturated rings. The molecule has 0 aromatic rings. The average Bonchev–Trinajstić information content (AvgIpc) is 2.39. The fourth-order valence-corrected chi connectivity index (χ4v) is 4.62. The molecule has 5 nitrogen and oxygen atoms in total. The molecular weight excluding hydrogens is 262 g/mol. The highest BCUT2D eigenvalue weighted by Crippen LogP contribution is 2.23. The fourth-order valence-electron chi connectivity index (χ4n) is 2.71. The number of hydrogen-bond donors (Lipinski definition) is 1. The molecule has 1 unspecified atom stereocenters. The van der Waals surface area contributed by atoms with Crippen LogP contribution in [0, 0.1) is 5.92 Å². The molecule has 0 aromatic heterocycles. The van der Waals surface area contributed by atoms with Gasteiger partial charge >= 0.3 is 0 Å². The average molecular weight is 291 g/mol. The fraction of sp³-hybridized carbons (Fsp3) is 1.00. The van der Waals surface area contributed by atoms with Crippen molar-refractivity contribution in [1.29, 1.82) is 0 Å². The maximum absolute atomic E-state index is 12.6. The maximum Gasteiger partial charge on any atom is 0.281 e. The van der Waals surface area contributed by atoms with Gasteiger partial charge in [0.15, 0.2) is 0 Å². The summed E-state index contributed by atoms with van der Waals surface area (Å²) in [6, 6.07) is 0. The lowest BCUT2D eigenvalue weighted by Gasteiger charge is -2.35. The number of nitrogens with zero attached hydrogens (tertiary/aromatic N) is 2. The van der Waals surface area contributed by atoms with Gasteiger partial charge in [0.25, 0.3) is 10.2 Å². The van der Waals surface area contributed by atoms with Gasteiger partial charge in [-0.25, -0.2) is 0 Å². The van der Waals surface area contributed by atoms with Crippen molar-refractivity contribution in [3.8, 4) is 0 Å². The predicted molar refractivity (Wildman–Crippen MR) is 79.0 cm³/mol. The molecule has 1 aliphatic rings. The van der Waals surface area contributed by atoms with Crippen LogP contribution in [-0.4, -0.2) is 49.8 Å². The molecule has 0 radical (unpaired) electrons. The van der Waals surface area contributed by atoms with E-state index in [2.05, 4.69) is 0 Å². The summed E-state index contributed by atoms with van der Waals surface area (Å²) in [7, 11) is -3.27. The number of piperidine rings is 1. The molecule has 1 atom stereocenters. The van der Waals surface area contributed by atoms with E-state index in [-0.39, 0.29) is 0 Å². The van der Waals surface area contributed by atoms with Crippen LogP contribution in [-0.2, 0) is 10.2 Å². The summed E-state index contributed by atoms with van der Waals surface area (Å²) >= 11 is 0. The largest absolute Gasteiger partial charge is 0.330 e. The highest BCUT2D eigenvalue weighted by Gasteiger charge is 2.32. The van der Waals surface area contributed by atoms with Crippen LogP contribution in [0.1, 0.15) is 46.0 Å². The normalized spacial score (nSPS) is 22.0. The van der Waals surface area contributed by atoms with Crippen molar-refractivity contribution in [3.05, 3.63) is 0 Å². The van der Waals surface area contributed by atoms with Crippen molar-refractivity contribution in [2.75, 3.05) is 32.7 Å². The van der Waals surface area contributed by atoms with Gasteiger partial charge in [-0.3, -0.25) is 0 Å². The van der Waals surface area contributed by atoms with E-state index in [0.29, 0.717) is 38.6 Å². The second-order valence-corrected chi connectivity index (χ2v) is 7.28. The van der Waals surface area contributed by atoms with Gasteiger partial charge in [0.2, 0.25) is 0 Å². The topological polar surface area (TPSA) is 66.6 Å². The minimum absolute atomic E-state index is 0.429. The standard InChI is InChI=1S/C13H29N3O2S/c1-3-9-15(10-4-2)19(17,18)16-11-5-6-13(12-16)7-8-14/h13H,3-12,14H2,1-2H3. The van der Waals surface area contributed by atoms with E-state index in [0.717, 1.165) is 32.1 Å². The lowest BCUT2D eigenvalue weighted by Crippen LogP contribution is -2.48. The second-order valence-electron chi connectivity index (χ2n) is 5.35. The molecule has 1 heterocycles. The van der Waals surface area contributed by atoms with Crippen molar-refractivity contribution < 1.29 is 8.42 Å². The molecule has 19 heavy (non-hydrogen) atoms. The van der Waals surface area contributed by atoms with Crippen LogP contribution in [0.3, 0.4) is 0 Å². The zero-order valence-electron chi connectivity index (χ0n) is 12.3. The molecule has 114 valence electrons. The quantitative estimate of drug-likeness (QED) is 0.735. The molecule has 6 heteroatoms. The van der Waals surface area contributed by atoms with E-state index in [4.69, 9.17) is 5.73 Å². The lowest BCUT2D eigenvalue weighted by atomic mass is 9.96. The molecule has 1 aliphatic heterocycles. The molecule has 1 saturated heterocycles. The van der Waals surface area contributed by atoms with E-state index in [1.54, 1.807) is 8.61 Å². The number of hydrogen-bond acceptors (Lipinski definition) is 3. The molecule has 0 aromatic carbocycles. The summed E-state index contributed by atoms with van der Waals surface area (Å²) in [4.78, 5) is 0. The van der Waals surface area contributed by atoms with E-state index >= 15 is 0 Å². The Labute approximate surface area is 118 Å². The van der Waals surface area contributed by atoms with Crippen LogP contribution in [0.5, 0.6) is 0 Å². The second kappa shape index (κ2) is 8.19. The molecule has 1 rings (SSSR count). The number of nitrogens with two attached hydrogens (primary N) is 1. The Morgan fingerprint density at radius 3 is 2.42 bits per heavy atom. The minimum atomic E-state index is -3.27. The molecule has 0 aliphatic carbocycles. The van der Waals surface area contributed by atoms with Crippen molar-refractivity contribution >= 4 is 10.2 Å². The Morgan fingerprint density at radius 2 is 1.89 bits per heavy atom. The van der Waals surface area contributed by atoms with Crippen molar-refractivity contribution in [1.82, 2.24) is 8.61 Å². The summed E-state index contributed by atoms with van der Waals surface area (Å²) in [6.45, 7) is 7.22. The van der Waals surface area contributed by atoms with E-state index in [1.807, 2.05) is 13.8 Å². The van der Waals surface area contributed by atoms with Crippen molar-refractivity contribution in [3.63, 3.8) is 0 Å². The third-order valence-electron chi connectivity index (χ3n) is 3.66. The Hall–Kier alpha value is -0.170. The highest BCUT2D eigenvalue weighted by molar-refractivity contribution is 7.86. The molecular formula is C13H29N3O2S. The van der Waals surface area contributed by atoms with Crippen molar-refractivity contribution in [2.24, 2.45) is 11.7 Å². The lowest BCUT2D eigenvalue weighted by molar-refractivity contribution is 0.239. The Kier molecular flexibility index (Phi) is 7.28. The third-order valence-corrected chi connectivity index (χ3v) is 5.66. The van der Waals surface area contributed by atoms with Gasteiger partial charge < -0.3 is 5.73 Å². The molecule has 0 amide bonds. The summed E-state index contributed by atoms with van der Waals surface area (Å²) in [5.41, 5.74) is 5.59. The Balaban J connectivity index is 2.73. The van der Waals surface area contributed by atoms with Gasteiger partial charge in [0.1, 0.15) is 0 Å². The van der Waals surface area contributed by atoms with Gasteiger partial charge in [-0.05, 0) is 44.6 Å². The predicted octanol–water partition coefficient (Wildman–Crippen LogP) is 1.41. The first-order valence-corrected chi connectivity index (χ1v) is 8.91. The van der Waals surface area contributed by atoms with Crippen LogP contribution < -0.4 is 5.73 Å². The molecule has 0 saturated carbocycles. The maximum atomic E-state index is 12.6. The van der Waals surface area contributed by atoms with Crippen LogP contribution in [0.25, 0.3) is 0 Å². The minimum Gasteiger partial charge on any atom is -0.330 e. The third kappa shape index (κ3) is 4.70. The molecule has 0 bridgehead atoms. The zero-order chi connectivity index (χ0) is 14.3. The first-order chi connectivity index (χ1) is 9.06. The SMILES string of the molecule is CCCN(CCC)S(=O)(=O)N1CCCC(CCN)C1.